The van der Waals surface area contributed by atoms with E-state index >= 15 is 0 Å². The lowest BCUT2D eigenvalue weighted by Crippen LogP contribution is -2.22. The third-order valence-electron chi connectivity index (χ3n) is 4.49. The van der Waals surface area contributed by atoms with Gasteiger partial charge in [0.05, 0.1) is 11.8 Å². The summed E-state index contributed by atoms with van der Waals surface area (Å²) in [4.78, 5) is 19.3. The summed E-state index contributed by atoms with van der Waals surface area (Å²) in [5.41, 5.74) is 2.06. The van der Waals surface area contributed by atoms with E-state index in [1.807, 2.05) is 0 Å². The zero-order chi connectivity index (χ0) is 14.9. The van der Waals surface area contributed by atoms with Gasteiger partial charge in [0.25, 0.3) is 0 Å². The molecule has 22 heavy (non-hydrogen) atoms. The number of aliphatic hydroxyl groups is 1. The highest BCUT2D eigenvalue weighted by Crippen LogP contribution is 2.39. The minimum absolute atomic E-state index is 0.163. The van der Waals surface area contributed by atoms with Gasteiger partial charge >= 0.3 is 0 Å². The summed E-state index contributed by atoms with van der Waals surface area (Å²) >= 11 is 0. The first-order valence-corrected chi connectivity index (χ1v) is 7.79. The lowest BCUT2D eigenvalue weighted by Gasteiger charge is -2.17. The Hall–Kier alpha value is -2.08. The maximum absolute atomic E-state index is 10.3. The Morgan fingerprint density at radius 3 is 2.82 bits per heavy atom. The zero-order valence-corrected chi connectivity index (χ0v) is 12.3. The average molecular weight is 297 g/mol. The van der Waals surface area contributed by atoms with E-state index in [1.54, 1.807) is 24.9 Å². The molecule has 0 radical (unpaired) electrons. The van der Waals surface area contributed by atoms with Gasteiger partial charge in [-0.15, -0.1) is 0 Å². The molecule has 2 fully saturated rings. The fourth-order valence-electron chi connectivity index (χ4n) is 3.08. The third kappa shape index (κ3) is 2.78. The summed E-state index contributed by atoms with van der Waals surface area (Å²) < 4.78 is 0. The maximum Gasteiger partial charge on any atom is 0.132 e. The van der Waals surface area contributed by atoms with Crippen molar-refractivity contribution in [2.45, 2.75) is 31.3 Å². The summed E-state index contributed by atoms with van der Waals surface area (Å²) in [6.07, 6.45) is 9.62. The van der Waals surface area contributed by atoms with Crippen LogP contribution in [0.25, 0.3) is 0 Å². The Morgan fingerprint density at radius 2 is 2.05 bits per heavy atom. The van der Waals surface area contributed by atoms with Crippen molar-refractivity contribution in [1.82, 2.24) is 19.9 Å². The van der Waals surface area contributed by atoms with E-state index in [0.29, 0.717) is 12.5 Å². The Kier molecular flexibility index (Phi) is 3.46. The van der Waals surface area contributed by atoms with E-state index in [0.717, 1.165) is 30.2 Å². The van der Waals surface area contributed by atoms with Crippen LogP contribution in [0.5, 0.6) is 0 Å². The van der Waals surface area contributed by atoms with Crippen LogP contribution < -0.4 is 4.90 Å². The van der Waals surface area contributed by atoms with Crippen LogP contribution in [0.2, 0.25) is 0 Å². The number of hydrogen-bond acceptors (Lipinski definition) is 6. The van der Waals surface area contributed by atoms with Crippen molar-refractivity contribution in [2.75, 3.05) is 18.0 Å². The largest absolute Gasteiger partial charge is 0.391 e. The molecule has 1 N–H and O–H groups in total. The average Bonchev–Trinajstić information content (AvgIpc) is 3.34. The molecule has 0 spiro atoms. The van der Waals surface area contributed by atoms with Gasteiger partial charge in [0.15, 0.2) is 0 Å². The van der Waals surface area contributed by atoms with Crippen LogP contribution in [-0.4, -0.2) is 44.2 Å². The third-order valence-corrected chi connectivity index (χ3v) is 4.49. The summed E-state index contributed by atoms with van der Waals surface area (Å²) in [6, 6.07) is 2.08. The fraction of sp³-hybridized carbons (Fsp3) is 0.500. The molecule has 2 aromatic rings. The molecule has 1 saturated carbocycles. The van der Waals surface area contributed by atoms with Crippen molar-refractivity contribution in [3.63, 3.8) is 0 Å². The Morgan fingerprint density at radius 1 is 1.14 bits per heavy atom. The van der Waals surface area contributed by atoms with Gasteiger partial charge in [0.1, 0.15) is 12.1 Å². The molecule has 3 heterocycles. The van der Waals surface area contributed by atoms with Crippen LogP contribution in [-0.2, 0) is 6.42 Å². The van der Waals surface area contributed by atoms with Crippen molar-refractivity contribution >= 4 is 5.82 Å². The predicted octanol–water partition coefficient (Wildman–Crippen LogP) is 1.18. The van der Waals surface area contributed by atoms with Crippen LogP contribution in [0.15, 0.2) is 31.0 Å². The fourth-order valence-corrected chi connectivity index (χ4v) is 3.08. The van der Waals surface area contributed by atoms with E-state index in [-0.39, 0.29) is 12.0 Å². The highest BCUT2D eigenvalue weighted by Gasteiger charge is 2.33. The quantitative estimate of drug-likeness (QED) is 0.913. The molecular weight excluding hydrogens is 278 g/mol. The van der Waals surface area contributed by atoms with Crippen molar-refractivity contribution < 1.29 is 5.11 Å². The second-order valence-corrected chi connectivity index (χ2v) is 6.21. The molecule has 4 rings (SSSR count). The SMILES string of the molecule is O[C@@H]1CN(c2cc(C3CC3)ncn2)C[C@H]1Cc1cnccn1. The number of aromatic nitrogens is 4. The van der Waals surface area contributed by atoms with Gasteiger partial charge in [-0.1, -0.05) is 0 Å². The van der Waals surface area contributed by atoms with Crippen molar-refractivity contribution in [1.29, 1.82) is 0 Å². The van der Waals surface area contributed by atoms with Gasteiger partial charge in [-0.05, 0) is 19.3 Å². The number of nitrogens with zero attached hydrogens (tertiary/aromatic N) is 5. The van der Waals surface area contributed by atoms with Gasteiger partial charge in [-0.3, -0.25) is 9.97 Å². The first-order chi connectivity index (χ1) is 10.8. The van der Waals surface area contributed by atoms with Gasteiger partial charge < -0.3 is 10.0 Å². The molecule has 6 heteroatoms. The second kappa shape index (κ2) is 5.61. The monoisotopic (exact) mass is 297 g/mol. The van der Waals surface area contributed by atoms with Crippen molar-refractivity contribution in [2.24, 2.45) is 5.92 Å². The second-order valence-electron chi connectivity index (χ2n) is 6.21. The van der Waals surface area contributed by atoms with E-state index in [4.69, 9.17) is 0 Å². The highest BCUT2D eigenvalue weighted by atomic mass is 16.3. The molecule has 0 amide bonds. The van der Waals surface area contributed by atoms with Crippen LogP contribution in [0.3, 0.4) is 0 Å². The van der Waals surface area contributed by atoms with Crippen LogP contribution in [0.4, 0.5) is 5.82 Å². The van der Waals surface area contributed by atoms with Crippen LogP contribution in [0, 0.1) is 5.92 Å². The van der Waals surface area contributed by atoms with E-state index < -0.39 is 0 Å². The molecule has 1 saturated heterocycles. The molecule has 114 valence electrons. The first-order valence-electron chi connectivity index (χ1n) is 7.79. The van der Waals surface area contributed by atoms with Crippen molar-refractivity contribution in [3.8, 4) is 0 Å². The molecule has 0 aromatic carbocycles. The molecular formula is C16H19N5O. The number of aliphatic hydroxyl groups excluding tert-OH is 1. The van der Waals surface area contributed by atoms with Crippen LogP contribution >= 0.6 is 0 Å². The summed E-state index contributed by atoms with van der Waals surface area (Å²) in [7, 11) is 0. The molecule has 0 unspecified atom stereocenters. The molecule has 1 aliphatic heterocycles. The lowest BCUT2D eigenvalue weighted by molar-refractivity contribution is 0.147. The summed E-state index contributed by atoms with van der Waals surface area (Å²) in [5, 5.41) is 10.3. The molecule has 6 nitrogen and oxygen atoms in total. The standard InChI is InChI=1S/C16H19N5O/c22-15-9-21(8-12(15)5-13-7-17-3-4-18-13)16-6-14(11-1-2-11)19-10-20-16/h3-4,6-7,10-12,15,22H,1-2,5,8-9H2/t12-,15-/m1/s1. The number of hydrogen-bond donors (Lipinski definition) is 1. The zero-order valence-electron chi connectivity index (χ0n) is 12.3. The van der Waals surface area contributed by atoms with Gasteiger partial charge in [-0.2, -0.15) is 0 Å². The first kappa shape index (κ1) is 13.6. The van der Waals surface area contributed by atoms with Gasteiger partial charge in [0, 0.05) is 55.3 Å². The number of rotatable bonds is 4. The number of β-amino-alcohol motifs (C(OH)–C–C–N with tert-alkyl or cyclic N) is 1. The van der Waals surface area contributed by atoms with E-state index in [2.05, 4.69) is 30.9 Å². The van der Waals surface area contributed by atoms with Gasteiger partial charge in [-0.25, -0.2) is 9.97 Å². The van der Waals surface area contributed by atoms with Crippen molar-refractivity contribution in [3.05, 3.63) is 42.4 Å². The number of anilines is 1. The molecule has 1 aliphatic carbocycles. The molecule has 2 atom stereocenters. The molecule has 0 bridgehead atoms. The Balaban J connectivity index is 1.47. The predicted molar refractivity (Wildman–Crippen MR) is 81.5 cm³/mol. The summed E-state index contributed by atoms with van der Waals surface area (Å²) in [5.74, 6) is 1.71. The minimum Gasteiger partial charge on any atom is -0.391 e. The van der Waals surface area contributed by atoms with E-state index in [1.165, 1.54) is 12.8 Å². The summed E-state index contributed by atoms with van der Waals surface area (Å²) in [6.45, 7) is 1.41. The Labute approximate surface area is 129 Å². The normalized spacial score (nSPS) is 24.7. The van der Waals surface area contributed by atoms with E-state index in [9.17, 15) is 5.11 Å². The van der Waals surface area contributed by atoms with Crippen LogP contribution in [0.1, 0.15) is 30.1 Å². The smallest absolute Gasteiger partial charge is 0.132 e. The maximum atomic E-state index is 10.3. The lowest BCUT2D eigenvalue weighted by atomic mass is 10.0. The topological polar surface area (TPSA) is 75.0 Å². The Bertz CT molecular complexity index is 646. The molecule has 2 aliphatic rings. The molecule has 2 aromatic heterocycles. The van der Waals surface area contributed by atoms with Gasteiger partial charge in [0.2, 0.25) is 0 Å². The highest BCUT2D eigenvalue weighted by molar-refractivity contribution is 5.42. The minimum atomic E-state index is -0.360.